The third-order valence-corrected chi connectivity index (χ3v) is 5.20. The zero-order valence-corrected chi connectivity index (χ0v) is 16.0. The topological polar surface area (TPSA) is 90.6 Å². The van der Waals surface area contributed by atoms with Gasteiger partial charge < -0.3 is 14.8 Å². The molecule has 0 bridgehead atoms. The van der Waals surface area contributed by atoms with Gasteiger partial charge in [-0.15, -0.1) is 10.2 Å². The molecule has 8 nitrogen and oxygen atoms in total. The average molecular weight is 385 g/mol. The van der Waals surface area contributed by atoms with Gasteiger partial charge in [0.15, 0.2) is 16.7 Å². The van der Waals surface area contributed by atoms with Gasteiger partial charge >= 0.3 is 0 Å². The second-order valence-corrected chi connectivity index (χ2v) is 7.29. The van der Waals surface area contributed by atoms with Crippen molar-refractivity contribution in [3.63, 3.8) is 0 Å². The van der Waals surface area contributed by atoms with Crippen molar-refractivity contribution in [1.82, 2.24) is 24.9 Å². The van der Waals surface area contributed by atoms with Gasteiger partial charge in [-0.3, -0.25) is 9.20 Å². The third kappa shape index (κ3) is 3.55. The maximum absolute atomic E-state index is 12.4. The Kier molecular flexibility index (Phi) is 4.61. The fourth-order valence-corrected chi connectivity index (χ4v) is 3.77. The second-order valence-electron chi connectivity index (χ2n) is 6.35. The summed E-state index contributed by atoms with van der Waals surface area (Å²) in [5.41, 5.74) is 2.83. The van der Waals surface area contributed by atoms with E-state index in [0.29, 0.717) is 16.7 Å². The average Bonchev–Trinajstić information content (AvgIpc) is 3.25. The molecule has 4 rings (SSSR count). The van der Waals surface area contributed by atoms with Gasteiger partial charge in [0.25, 0.3) is 5.78 Å². The van der Waals surface area contributed by atoms with Crippen LogP contribution in [0.2, 0.25) is 0 Å². The van der Waals surface area contributed by atoms with Crippen molar-refractivity contribution in [3.8, 4) is 11.5 Å². The summed E-state index contributed by atoms with van der Waals surface area (Å²) >= 11 is 1.33. The van der Waals surface area contributed by atoms with Gasteiger partial charge in [-0.05, 0) is 44.5 Å². The van der Waals surface area contributed by atoms with Gasteiger partial charge in [-0.1, -0.05) is 17.8 Å². The molecule has 0 aliphatic carbocycles. The van der Waals surface area contributed by atoms with Gasteiger partial charge in [-0.25, -0.2) is 4.98 Å². The third-order valence-electron chi connectivity index (χ3n) is 4.27. The summed E-state index contributed by atoms with van der Waals surface area (Å²) < 4.78 is 12.6. The normalized spacial score (nSPS) is 13.7. The number of rotatable bonds is 5. The molecule has 1 aliphatic rings. The molecule has 9 heteroatoms. The van der Waals surface area contributed by atoms with E-state index in [-0.39, 0.29) is 24.5 Å². The van der Waals surface area contributed by atoms with E-state index >= 15 is 0 Å². The Hall–Kier alpha value is -2.81. The fraction of sp³-hybridized carbons (Fsp3) is 0.333. The summed E-state index contributed by atoms with van der Waals surface area (Å²) in [4.78, 5) is 16.7. The highest BCUT2D eigenvalue weighted by Crippen LogP contribution is 2.34. The SMILES string of the molecule is Cc1cc(C)n2c(SCC(=O)N[C@H](C)c3ccc4c(c3)OCO4)nnc2n1. The molecule has 27 heavy (non-hydrogen) atoms. The summed E-state index contributed by atoms with van der Waals surface area (Å²) in [6.07, 6.45) is 0. The molecule has 3 aromatic rings. The molecular weight excluding hydrogens is 366 g/mol. The number of thioether (sulfide) groups is 1. The van der Waals surface area contributed by atoms with Crippen molar-refractivity contribution in [1.29, 1.82) is 0 Å². The van der Waals surface area contributed by atoms with Crippen molar-refractivity contribution < 1.29 is 14.3 Å². The second kappa shape index (κ2) is 7.07. The molecule has 1 N–H and O–H groups in total. The quantitative estimate of drug-likeness (QED) is 0.675. The van der Waals surface area contributed by atoms with E-state index in [9.17, 15) is 4.79 Å². The number of amides is 1. The predicted octanol–water partition coefficient (Wildman–Crippen LogP) is 2.44. The van der Waals surface area contributed by atoms with Gasteiger partial charge in [0.1, 0.15) is 0 Å². The summed E-state index contributed by atoms with van der Waals surface area (Å²) in [5.74, 6) is 2.13. The van der Waals surface area contributed by atoms with Gasteiger partial charge in [0.05, 0.1) is 11.8 Å². The van der Waals surface area contributed by atoms with E-state index < -0.39 is 0 Å². The van der Waals surface area contributed by atoms with Crippen molar-refractivity contribution in [2.75, 3.05) is 12.5 Å². The smallest absolute Gasteiger partial charge is 0.256 e. The number of hydrogen-bond donors (Lipinski definition) is 1. The number of nitrogens with zero attached hydrogens (tertiary/aromatic N) is 4. The molecule has 0 saturated heterocycles. The van der Waals surface area contributed by atoms with Crippen molar-refractivity contribution in [3.05, 3.63) is 41.2 Å². The van der Waals surface area contributed by atoms with E-state index in [1.807, 2.05) is 49.4 Å². The van der Waals surface area contributed by atoms with Crippen LogP contribution in [0.1, 0.15) is 29.9 Å². The summed E-state index contributed by atoms with van der Waals surface area (Å²) in [6, 6.07) is 7.49. The number of nitrogens with one attached hydrogen (secondary N) is 1. The Bertz CT molecular complexity index is 1020. The Morgan fingerprint density at radius 2 is 2.07 bits per heavy atom. The molecule has 0 spiro atoms. The fourth-order valence-electron chi connectivity index (χ4n) is 2.97. The molecule has 1 aromatic carbocycles. The zero-order chi connectivity index (χ0) is 19.0. The van der Waals surface area contributed by atoms with Crippen LogP contribution in [0.4, 0.5) is 0 Å². The Morgan fingerprint density at radius 3 is 2.93 bits per heavy atom. The van der Waals surface area contributed by atoms with Crippen molar-refractivity contribution >= 4 is 23.4 Å². The van der Waals surface area contributed by atoms with Crippen LogP contribution in [0.25, 0.3) is 5.78 Å². The lowest BCUT2D eigenvalue weighted by Crippen LogP contribution is -2.28. The maximum Gasteiger partial charge on any atom is 0.256 e. The lowest BCUT2D eigenvalue weighted by molar-refractivity contribution is -0.119. The van der Waals surface area contributed by atoms with Crippen molar-refractivity contribution in [2.45, 2.75) is 32.0 Å². The van der Waals surface area contributed by atoms with E-state index in [1.54, 1.807) is 0 Å². The van der Waals surface area contributed by atoms with Crippen LogP contribution >= 0.6 is 11.8 Å². The number of carbonyl (C=O) groups excluding carboxylic acids is 1. The predicted molar refractivity (Wildman–Crippen MR) is 100 cm³/mol. The first kappa shape index (κ1) is 17.6. The molecular formula is C18H19N5O3S. The van der Waals surface area contributed by atoms with Crippen LogP contribution in [0.5, 0.6) is 11.5 Å². The molecule has 0 unspecified atom stereocenters. The van der Waals surface area contributed by atoms with Crippen LogP contribution in [0.3, 0.4) is 0 Å². The first-order chi connectivity index (χ1) is 13.0. The standard InChI is InChI=1S/C18H19N5O3S/c1-10-6-11(2)23-17(19-10)21-22-18(23)27-8-16(24)20-12(3)13-4-5-14-15(7-13)26-9-25-14/h4-7,12H,8-9H2,1-3H3,(H,20,24)/t12-/m1/s1. The molecule has 2 aromatic heterocycles. The molecule has 0 saturated carbocycles. The lowest BCUT2D eigenvalue weighted by atomic mass is 10.1. The molecule has 0 radical (unpaired) electrons. The van der Waals surface area contributed by atoms with Gasteiger partial charge in [0, 0.05) is 11.4 Å². The van der Waals surface area contributed by atoms with Crippen LogP contribution in [0.15, 0.2) is 29.4 Å². The number of aryl methyl sites for hydroxylation is 2. The Labute approximate surface area is 160 Å². The summed E-state index contributed by atoms with van der Waals surface area (Å²) in [6.45, 7) is 6.05. The lowest BCUT2D eigenvalue weighted by Gasteiger charge is -2.14. The van der Waals surface area contributed by atoms with E-state index in [4.69, 9.17) is 9.47 Å². The van der Waals surface area contributed by atoms with Gasteiger partial charge in [0.2, 0.25) is 12.7 Å². The minimum Gasteiger partial charge on any atom is -0.454 e. The van der Waals surface area contributed by atoms with E-state index in [2.05, 4.69) is 20.5 Å². The van der Waals surface area contributed by atoms with Crippen LogP contribution in [-0.2, 0) is 4.79 Å². The largest absolute Gasteiger partial charge is 0.454 e. The minimum atomic E-state index is -0.145. The van der Waals surface area contributed by atoms with E-state index in [1.165, 1.54) is 11.8 Å². The summed E-state index contributed by atoms with van der Waals surface area (Å²) in [5, 5.41) is 11.9. The molecule has 3 heterocycles. The highest BCUT2D eigenvalue weighted by molar-refractivity contribution is 7.99. The van der Waals surface area contributed by atoms with E-state index in [0.717, 1.165) is 22.7 Å². The number of ether oxygens (including phenoxy) is 2. The Morgan fingerprint density at radius 1 is 1.26 bits per heavy atom. The molecule has 1 aliphatic heterocycles. The maximum atomic E-state index is 12.4. The molecule has 1 atom stereocenters. The molecule has 0 fully saturated rings. The van der Waals surface area contributed by atoms with Gasteiger partial charge in [-0.2, -0.15) is 0 Å². The number of carbonyl (C=O) groups is 1. The van der Waals surface area contributed by atoms with Crippen LogP contribution in [-0.4, -0.2) is 38.0 Å². The van der Waals surface area contributed by atoms with Crippen LogP contribution < -0.4 is 14.8 Å². The highest BCUT2D eigenvalue weighted by Gasteiger charge is 2.18. The Balaban J connectivity index is 1.40. The minimum absolute atomic E-state index is 0.0837. The summed E-state index contributed by atoms with van der Waals surface area (Å²) in [7, 11) is 0. The molecule has 140 valence electrons. The highest BCUT2D eigenvalue weighted by atomic mass is 32.2. The monoisotopic (exact) mass is 385 g/mol. The first-order valence-electron chi connectivity index (χ1n) is 8.52. The number of hydrogen-bond acceptors (Lipinski definition) is 7. The first-order valence-corrected chi connectivity index (χ1v) is 9.51. The number of benzene rings is 1. The molecule has 1 amide bonds. The number of aromatic nitrogens is 4. The zero-order valence-electron chi connectivity index (χ0n) is 15.2. The van der Waals surface area contributed by atoms with Crippen molar-refractivity contribution in [2.24, 2.45) is 0 Å². The van der Waals surface area contributed by atoms with Crippen LogP contribution in [0, 0.1) is 13.8 Å². The number of fused-ring (bicyclic) bond motifs is 2.